The van der Waals surface area contributed by atoms with E-state index in [4.69, 9.17) is 0 Å². The van der Waals surface area contributed by atoms with Crippen LogP contribution in [0.1, 0.15) is 39.5 Å². The van der Waals surface area contributed by atoms with Crippen LogP contribution in [0.4, 0.5) is 0 Å². The summed E-state index contributed by atoms with van der Waals surface area (Å²) in [6.45, 7) is 3.77. The molecule has 1 rings (SSSR count). The smallest absolute Gasteiger partial charge is 0.150 e. The average Bonchev–Trinajstić information content (AvgIpc) is 2.08. The molecule has 1 aliphatic rings. The van der Waals surface area contributed by atoms with Gasteiger partial charge in [0.05, 0.1) is 17.0 Å². The summed E-state index contributed by atoms with van der Waals surface area (Å²) in [6, 6.07) is -0.156. The fraction of sp³-hybridized carbons (Fsp3) is 0.889. The van der Waals surface area contributed by atoms with Crippen molar-refractivity contribution in [3.63, 3.8) is 0 Å². The molecule has 0 heterocycles. The van der Waals surface area contributed by atoms with E-state index in [1.165, 1.54) is 0 Å². The molecule has 0 amide bonds. The molecule has 0 aliphatic heterocycles. The Balaban J connectivity index is 2.43. The highest BCUT2D eigenvalue weighted by atomic mass is 32.2. The first-order valence-corrected chi connectivity index (χ1v) is 6.02. The largest absolute Gasteiger partial charge is 0.298 e. The van der Waals surface area contributed by atoms with Gasteiger partial charge in [0.15, 0.2) is 5.78 Å². The summed E-state index contributed by atoms with van der Waals surface area (Å²) in [5.74, 6) is 0.222. The first-order valence-electron chi connectivity index (χ1n) is 4.80. The number of nitrogens with one attached hydrogen (secondary N) is 1. The zero-order valence-corrected chi connectivity index (χ0v) is 9.02. The average molecular weight is 203 g/mol. The molecule has 2 unspecified atom stereocenters. The third-order valence-corrected chi connectivity index (χ3v) is 3.61. The van der Waals surface area contributed by atoms with E-state index >= 15 is 0 Å². The van der Waals surface area contributed by atoms with E-state index in [0.29, 0.717) is 6.42 Å². The summed E-state index contributed by atoms with van der Waals surface area (Å²) in [4.78, 5) is 11.4. The van der Waals surface area contributed by atoms with Gasteiger partial charge in [-0.1, -0.05) is 6.42 Å². The molecule has 0 aromatic carbocycles. The standard InChI is InChI=1S/C9H17NO2S/c1-7(2)13(12)10-8-5-3-4-6-9(8)11/h7-8,10H,3-6H2,1-2H3. The lowest BCUT2D eigenvalue weighted by molar-refractivity contribution is -0.121. The minimum absolute atomic E-state index is 0.0785. The minimum atomic E-state index is -1.06. The molecule has 1 saturated carbocycles. The van der Waals surface area contributed by atoms with Crippen molar-refractivity contribution in [1.82, 2.24) is 4.72 Å². The number of rotatable bonds is 3. The zero-order chi connectivity index (χ0) is 9.84. The van der Waals surface area contributed by atoms with Gasteiger partial charge in [0.1, 0.15) is 0 Å². The maximum atomic E-state index is 11.4. The molecule has 3 nitrogen and oxygen atoms in total. The van der Waals surface area contributed by atoms with Gasteiger partial charge in [0.25, 0.3) is 0 Å². The third-order valence-electron chi connectivity index (χ3n) is 2.24. The molecule has 4 heteroatoms. The van der Waals surface area contributed by atoms with E-state index in [1.54, 1.807) is 0 Å². The predicted molar refractivity (Wildman–Crippen MR) is 53.7 cm³/mol. The summed E-state index contributed by atoms with van der Waals surface area (Å²) < 4.78 is 14.3. The van der Waals surface area contributed by atoms with Crippen LogP contribution in [-0.4, -0.2) is 21.3 Å². The van der Waals surface area contributed by atoms with Crippen LogP contribution in [0.2, 0.25) is 0 Å². The fourth-order valence-corrected chi connectivity index (χ4v) is 2.19. The van der Waals surface area contributed by atoms with Crippen LogP contribution in [0, 0.1) is 0 Å². The Kier molecular flexibility index (Phi) is 4.06. The molecule has 1 fully saturated rings. The Bertz CT molecular complexity index is 216. The molecule has 0 radical (unpaired) electrons. The van der Waals surface area contributed by atoms with Crippen molar-refractivity contribution in [3.05, 3.63) is 0 Å². The minimum Gasteiger partial charge on any atom is -0.298 e. The van der Waals surface area contributed by atoms with E-state index in [9.17, 15) is 9.00 Å². The lowest BCUT2D eigenvalue weighted by atomic mass is 9.95. The van der Waals surface area contributed by atoms with Crippen LogP contribution in [-0.2, 0) is 15.8 Å². The number of Topliss-reactive ketones (excluding diaryl/α,β-unsaturated/α-hetero) is 1. The van der Waals surface area contributed by atoms with E-state index in [1.807, 2.05) is 13.8 Å². The molecule has 1 N–H and O–H groups in total. The van der Waals surface area contributed by atoms with Crippen molar-refractivity contribution in [3.8, 4) is 0 Å². The molecule has 76 valence electrons. The number of hydrogen-bond donors (Lipinski definition) is 1. The van der Waals surface area contributed by atoms with Crippen LogP contribution in [0.3, 0.4) is 0 Å². The predicted octanol–water partition coefficient (Wildman–Crippen LogP) is 1.16. The summed E-state index contributed by atoms with van der Waals surface area (Å²) in [6.07, 6.45) is 3.55. The summed E-state index contributed by atoms with van der Waals surface area (Å²) in [5.41, 5.74) is 0. The monoisotopic (exact) mass is 203 g/mol. The molecule has 13 heavy (non-hydrogen) atoms. The Labute approximate surface area is 81.9 Å². The van der Waals surface area contributed by atoms with Crippen LogP contribution < -0.4 is 4.72 Å². The van der Waals surface area contributed by atoms with Crippen molar-refractivity contribution < 1.29 is 9.00 Å². The highest BCUT2D eigenvalue weighted by Crippen LogP contribution is 2.15. The van der Waals surface area contributed by atoms with E-state index < -0.39 is 11.0 Å². The molecule has 2 atom stereocenters. The maximum Gasteiger partial charge on any atom is 0.150 e. The van der Waals surface area contributed by atoms with E-state index in [0.717, 1.165) is 19.3 Å². The Hall–Kier alpha value is -0.220. The Morgan fingerprint density at radius 2 is 2.15 bits per heavy atom. The topological polar surface area (TPSA) is 46.2 Å². The highest BCUT2D eigenvalue weighted by molar-refractivity contribution is 7.83. The molecule has 0 saturated heterocycles. The van der Waals surface area contributed by atoms with Crippen LogP contribution in [0.5, 0.6) is 0 Å². The van der Waals surface area contributed by atoms with Crippen molar-refractivity contribution >= 4 is 16.8 Å². The second kappa shape index (κ2) is 4.86. The molecule has 0 aromatic heterocycles. The van der Waals surface area contributed by atoms with Gasteiger partial charge >= 0.3 is 0 Å². The van der Waals surface area contributed by atoms with Gasteiger partial charge in [-0.05, 0) is 26.7 Å². The molecule has 1 aliphatic carbocycles. The van der Waals surface area contributed by atoms with Crippen molar-refractivity contribution in [2.24, 2.45) is 0 Å². The van der Waals surface area contributed by atoms with Crippen LogP contribution in [0.15, 0.2) is 0 Å². The molecular weight excluding hydrogens is 186 g/mol. The fourth-order valence-electron chi connectivity index (χ4n) is 1.38. The number of ketones is 1. The molecule has 0 spiro atoms. The summed E-state index contributed by atoms with van der Waals surface area (Å²) in [5, 5.41) is 0.0785. The zero-order valence-electron chi connectivity index (χ0n) is 8.21. The van der Waals surface area contributed by atoms with Gasteiger partial charge in [-0.25, -0.2) is 8.93 Å². The normalized spacial score (nSPS) is 26.4. The van der Waals surface area contributed by atoms with Crippen molar-refractivity contribution in [1.29, 1.82) is 0 Å². The lowest BCUT2D eigenvalue weighted by Gasteiger charge is -2.21. The number of carbonyl (C=O) groups excluding carboxylic acids is 1. The van der Waals surface area contributed by atoms with Crippen molar-refractivity contribution in [2.45, 2.75) is 50.8 Å². The molecule has 0 aromatic rings. The Morgan fingerprint density at radius 3 is 2.69 bits per heavy atom. The number of hydrogen-bond acceptors (Lipinski definition) is 2. The molecular formula is C9H17NO2S. The maximum absolute atomic E-state index is 11.4. The summed E-state index contributed by atoms with van der Waals surface area (Å²) in [7, 11) is -1.06. The van der Waals surface area contributed by atoms with E-state index in [-0.39, 0.29) is 17.1 Å². The Morgan fingerprint density at radius 1 is 1.46 bits per heavy atom. The van der Waals surface area contributed by atoms with Gasteiger partial charge in [-0.3, -0.25) is 4.79 Å². The second-order valence-electron chi connectivity index (χ2n) is 3.73. The van der Waals surface area contributed by atoms with Crippen LogP contribution in [0.25, 0.3) is 0 Å². The van der Waals surface area contributed by atoms with Crippen LogP contribution >= 0.6 is 0 Å². The lowest BCUT2D eigenvalue weighted by Crippen LogP contribution is -2.41. The van der Waals surface area contributed by atoms with E-state index in [2.05, 4.69) is 4.72 Å². The third kappa shape index (κ3) is 3.19. The SMILES string of the molecule is CC(C)S(=O)NC1CCCCC1=O. The number of carbonyl (C=O) groups is 1. The van der Waals surface area contributed by atoms with Gasteiger partial charge in [0, 0.05) is 11.7 Å². The first-order chi connectivity index (χ1) is 6.11. The van der Waals surface area contributed by atoms with Gasteiger partial charge in [-0.2, -0.15) is 0 Å². The summed E-state index contributed by atoms with van der Waals surface area (Å²) >= 11 is 0. The quantitative estimate of drug-likeness (QED) is 0.748. The van der Waals surface area contributed by atoms with Crippen molar-refractivity contribution in [2.75, 3.05) is 0 Å². The van der Waals surface area contributed by atoms with Gasteiger partial charge in [-0.15, -0.1) is 0 Å². The second-order valence-corrected chi connectivity index (χ2v) is 5.50. The van der Waals surface area contributed by atoms with Gasteiger partial charge < -0.3 is 0 Å². The highest BCUT2D eigenvalue weighted by Gasteiger charge is 2.23. The first kappa shape index (κ1) is 10.9. The van der Waals surface area contributed by atoms with Gasteiger partial charge in [0.2, 0.25) is 0 Å². The molecule has 0 bridgehead atoms.